The van der Waals surface area contributed by atoms with E-state index in [1.54, 1.807) is 36.4 Å². The molecule has 0 bridgehead atoms. The number of hydrogen-bond donors (Lipinski definition) is 1. The quantitative estimate of drug-likeness (QED) is 0.385. The van der Waals surface area contributed by atoms with Crippen LogP contribution in [0, 0.1) is 0 Å². The number of halogens is 3. The number of hydrogen-bond acceptors (Lipinski definition) is 6. The van der Waals surface area contributed by atoms with Crippen LogP contribution in [0.4, 0.5) is 13.2 Å². The number of carbonyl (C=O) groups excluding carboxylic acids is 1. The van der Waals surface area contributed by atoms with E-state index in [1.807, 2.05) is 7.05 Å². The van der Waals surface area contributed by atoms with Gasteiger partial charge in [-0.1, -0.05) is 18.2 Å². The van der Waals surface area contributed by atoms with Gasteiger partial charge in [-0.15, -0.1) is 11.3 Å². The van der Waals surface area contributed by atoms with Crippen molar-refractivity contribution in [2.24, 2.45) is 0 Å². The molecule has 2 heterocycles. The SMILES string of the molecule is COc1cccc(C(=O)NCc2ccc(S(=O)(=O)N3CCC(N(C)Cc4ccc(C(F)(F)F)cc4)CC3)s2)c1. The first-order chi connectivity index (χ1) is 18.5. The Morgan fingerprint density at radius 2 is 1.79 bits per heavy atom. The highest BCUT2D eigenvalue weighted by atomic mass is 32.2. The van der Waals surface area contributed by atoms with E-state index in [1.165, 1.54) is 23.5 Å². The molecule has 210 valence electrons. The molecule has 0 aliphatic carbocycles. The standard InChI is InChI=1S/C27H30F3N3O4S2/c1-32(18-19-6-8-21(9-7-19)27(28,29)30)22-12-14-33(15-13-22)39(35,36)25-11-10-24(38-25)17-31-26(34)20-4-3-5-23(16-20)37-2/h3-11,16,22H,12-15,17-18H2,1-2H3,(H,31,34). The van der Waals surface area contributed by atoms with Gasteiger partial charge in [-0.2, -0.15) is 17.5 Å². The Kier molecular flexibility index (Phi) is 9.00. The van der Waals surface area contributed by atoms with Crippen molar-refractivity contribution < 1.29 is 31.1 Å². The van der Waals surface area contributed by atoms with Gasteiger partial charge in [0.15, 0.2) is 0 Å². The zero-order chi connectivity index (χ0) is 28.2. The van der Waals surface area contributed by atoms with Crippen LogP contribution < -0.4 is 10.1 Å². The van der Waals surface area contributed by atoms with Crippen LogP contribution in [-0.2, 0) is 29.3 Å². The van der Waals surface area contributed by atoms with Crippen LogP contribution >= 0.6 is 11.3 Å². The fourth-order valence-electron chi connectivity index (χ4n) is 4.49. The fourth-order valence-corrected chi connectivity index (χ4v) is 7.41. The van der Waals surface area contributed by atoms with Gasteiger partial charge in [0.25, 0.3) is 15.9 Å². The predicted octanol–water partition coefficient (Wildman–Crippen LogP) is 4.99. The molecule has 0 saturated carbocycles. The maximum absolute atomic E-state index is 13.2. The number of nitrogens with zero attached hydrogens (tertiary/aromatic N) is 2. The monoisotopic (exact) mass is 581 g/mol. The Morgan fingerprint density at radius 3 is 2.44 bits per heavy atom. The summed E-state index contributed by atoms with van der Waals surface area (Å²) in [5.41, 5.74) is 0.540. The molecule has 39 heavy (non-hydrogen) atoms. The summed E-state index contributed by atoms with van der Waals surface area (Å²) in [4.78, 5) is 15.2. The van der Waals surface area contributed by atoms with Gasteiger partial charge < -0.3 is 10.1 Å². The van der Waals surface area contributed by atoms with Crippen molar-refractivity contribution in [1.29, 1.82) is 0 Å². The molecule has 0 radical (unpaired) electrons. The highest BCUT2D eigenvalue weighted by Crippen LogP contribution is 2.30. The van der Waals surface area contributed by atoms with Crippen molar-refractivity contribution in [2.75, 3.05) is 27.2 Å². The highest BCUT2D eigenvalue weighted by Gasteiger charge is 2.32. The van der Waals surface area contributed by atoms with Gasteiger partial charge in [-0.25, -0.2) is 8.42 Å². The first-order valence-electron chi connectivity index (χ1n) is 12.3. The molecule has 1 saturated heterocycles. The molecule has 1 aliphatic rings. The Balaban J connectivity index is 1.29. The lowest BCUT2D eigenvalue weighted by Crippen LogP contribution is -2.45. The minimum absolute atomic E-state index is 0.115. The summed E-state index contributed by atoms with van der Waals surface area (Å²) in [6.45, 7) is 1.38. The van der Waals surface area contributed by atoms with Crippen LogP contribution in [0.3, 0.4) is 0 Å². The number of sulfonamides is 1. The van der Waals surface area contributed by atoms with E-state index in [-0.39, 0.29) is 22.7 Å². The lowest BCUT2D eigenvalue weighted by Gasteiger charge is -2.36. The van der Waals surface area contributed by atoms with Gasteiger partial charge in [0, 0.05) is 36.1 Å². The number of benzene rings is 2. The van der Waals surface area contributed by atoms with Crippen LogP contribution in [0.15, 0.2) is 64.9 Å². The Morgan fingerprint density at radius 1 is 1.10 bits per heavy atom. The molecule has 0 spiro atoms. The largest absolute Gasteiger partial charge is 0.497 e. The van der Waals surface area contributed by atoms with Crippen molar-refractivity contribution in [3.63, 3.8) is 0 Å². The maximum Gasteiger partial charge on any atom is 0.416 e. The third-order valence-corrected chi connectivity index (χ3v) is 10.2. The van der Waals surface area contributed by atoms with Crippen LogP contribution in [0.2, 0.25) is 0 Å². The van der Waals surface area contributed by atoms with E-state index in [4.69, 9.17) is 4.74 Å². The van der Waals surface area contributed by atoms with Gasteiger partial charge in [-0.3, -0.25) is 9.69 Å². The molecular weight excluding hydrogens is 551 g/mol. The van der Waals surface area contributed by atoms with Crippen molar-refractivity contribution in [1.82, 2.24) is 14.5 Å². The molecule has 12 heteroatoms. The molecule has 1 N–H and O–H groups in total. The Bertz CT molecular complexity index is 1380. The number of carbonyl (C=O) groups is 1. The number of alkyl halides is 3. The minimum Gasteiger partial charge on any atom is -0.497 e. The van der Waals surface area contributed by atoms with Gasteiger partial charge in [0.2, 0.25) is 0 Å². The van der Waals surface area contributed by atoms with Crippen molar-refractivity contribution in [3.05, 3.63) is 82.2 Å². The average molecular weight is 582 g/mol. The second-order valence-corrected chi connectivity index (χ2v) is 12.7. The van der Waals surface area contributed by atoms with E-state index in [0.717, 1.165) is 33.9 Å². The number of ether oxygens (including phenoxy) is 1. The smallest absolute Gasteiger partial charge is 0.416 e. The topological polar surface area (TPSA) is 78.9 Å². The lowest BCUT2D eigenvalue weighted by molar-refractivity contribution is -0.137. The molecule has 1 aromatic heterocycles. The molecule has 1 aliphatic heterocycles. The predicted molar refractivity (Wildman–Crippen MR) is 143 cm³/mol. The summed E-state index contributed by atoms with van der Waals surface area (Å²) < 4.78 is 71.7. The zero-order valence-corrected chi connectivity index (χ0v) is 23.2. The first kappa shape index (κ1) is 29.1. The van der Waals surface area contributed by atoms with E-state index >= 15 is 0 Å². The Hall–Kier alpha value is -2.93. The fraction of sp³-hybridized carbons (Fsp3) is 0.370. The van der Waals surface area contributed by atoms with E-state index < -0.39 is 21.8 Å². The zero-order valence-electron chi connectivity index (χ0n) is 21.6. The van der Waals surface area contributed by atoms with Crippen LogP contribution in [0.5, 0.6) is 5.75 Å². The van der Waals surface area contributed by atoms with Crippen LogP contribution in [-0.4, -0.2) is 56.8 Å². The van der Waals surface area contributed by atoms with E-state index in [9.17, 15) is 26.4 Å². The molecule has 7 nitrogen and oxygen atoms in total. The summed E-state index contributed by atoms with van der Waals surface area (Å²) in [5.74, 6) is 0.288. The summed E-state index contributed by atoms with van der Waals surface area (Å²) >= 11 is 1.13. The number of thiophene rings is 1. The number of rotatable bonds is 9. The van der Waals surface area contributed by atoms with Crippen molar-refractivity contribution >= 4 is 27.3 Å². The van der Waals surface area contributed by atoms with Gasteiger partial charge in [-0.05, 0) is 67.9 Å². The van der Waals surface area contributed by atoms with Gasteiger partial charge >= 0.3 is 6.18 Å². The number of piperidine rings is 1. The lowest BCUT2D eigenvalue weighted by atomic mass is 10.0. The molecule has 4 rings (SSSR count). The molecule has 1 fully saturated rings. The summed E-state index contributed by atoms with van der Waals surface area (Å²) in [6.07, 6.45) is -3.13. The highest BCUT2D eigenvalue weighted by molar-refractivity contribution is 7.91. The van der Waals surface area contributed by atoms with E-state index in [2.05, 4.69) is 10.2 Å². The number of amides is 1. The van der Waals surface area contributed by atoms with Crippen molar-refractivity contribution in [2.45, 2.75) is 42.4 Å². The molecule has 0 unspecified atom stereocenters. The first-order valence-corrected chi connectivity index (χ1v) is 14.6. The Labute approximate surface area is 230 Å². The molecule has 3 aromatic rings. The van der Waals surface area contributed by atoms with Crippen LogP contribution in [0.25, 0.3) is 0 Å². The van der Waals surface area contributed by atoms with Crippen molar-refractivity contribution in [3.8, 4) is 5.75 Å². The second-order valence-electron chi connectivity index (χ2n) is 9.38. The van der Waals surface area contributed by atoms with Gasteiger partial charge in [0.05, 0.1) is 19.2 Å². The summed E-state index contributed by atoms with van der Waals surface area (Å²) in [7, 11) is -0.247. The van der Waals surface area contributed by atoms with Crippen LogP contribution in [0.1, 0.15) is 39.2 Å². The maximum atomic E-state index is 13.2. The normalized spacial score (nSPS) is 15.4. The number of nitrogens with one attached hydrogen (secondary N) is 1. The van der Waals surface area contributed by atoms with E-state index in [0.29, 0.717) is 43.8 Å². The average Bonchev–Trinajstić information content (AvgIpc) is 3.42. The molecule has 2 aromatic carbocycles. The minimum atomic E-state index is -4.36. The summed E-state index contributed by atoms with van der Waals surface area (Å²) in [6, 6.07) is 15.3. The third-order valence-electron chi connectivity index (χ3n) is 6.75. The molecule has 0 atom stereocenters. The molecule has 1 amide bonds. The second kappa shape index (κ2) is 12.1. The third kappa shape index (κ3) is 7.18. The van der Waals surface area contributed by atoms with Gasteiger partial charge in [0.1, 0.15) is 9.96 Å². The molecular formula is C27H30F3N3O4S2. The number of methoxy groups -OCH3 is 1. The summed E-state index contributed by atoms with van der Waals surface area (Å²) in [5, 5.41) is 2.81.